The van der Waals surface area contributed by atoms with E-state index in [1.807, 2.05) is 37.2 Å². The van der Waals surface area contributed by atoms with Crippen molar-refractivity contribution in [2.75, 3.05) is 39.3 Å². The number of hydrogen-bond acceptors (Lipinski definition) is 6. The molecule has 24 heavy (non-hydrogen) atoms. The van der Waals surface area contributed by atoms with Crippen molar-refractivity contribution in [3.05, 3.63) is 42.2 Å². The van der Waals surface area contributed by atoms with Gasteiger partial charge in [0.1, 0.15) is 0 Å². The molecule has 126 valence electrons. The molecule has 1 aromatic carbocycles. The first kappa shape index (κ1) is 16.1. The van der Waals surface area contributed by atoms with Crippen LogP contribution < -0.4 is 20.1 Å². The second-order valence-corrected chi connectivity index (χ2v) is 5.71. The molecule has 7 heteroatoms. The summed E-state index contributed by atoms with van der Waals surface area (Å²) in [5.41, 5.74) is 2.08. The number of aromatic nitrogens is 1. The van der Waals surface area contributed by atoms with E-state index in [0.717, 1.165) is 23.7 Å². The van der Waals surface area contributed by atoms with Crippen molar-refractivity contribution in [2.45, 2.75) is 0 Å². The van der Waals surface area contributed by atoms with Crippen molar-refractivity contribution in [3.8, 4) is 11.5 Å². The van der Waals surface area contributed by atoms with Crippen LogP contribution in [0.2, 0.25) is 0 Å². The number of carbonyl (C=O) groups excluding carboxylic acids is 1. The summed E-state index contributed by atoms with van der Waals surface area (Å²) in [6.07, 6.45) is 3.22. The fraction of sp³-hybridized carbons (Fsp3) is 0.294. The lowest BCUT2D eigenvalue weighted by molar-refractivity contribution is 0.0950. The van der Waals surface area contributed by atoms with Gasteiger partial charge in [-0.2, -0.15) is 0 Å². The van der Waals surface area contributed by atoms with Gasteiger partial charge in [-0.15, -0.1) is 0 Å². The van der Waals surface area contributed by atoms with E-state index in [-0.39, 0.29) is 12.7 Å². The van der Waals surface area contributed by atoms with E-state index in [9.17, 15) is 4.79 Å². The third-order valence-electron chi connectivity index (χ3n) is 3.51. The highest BCUT2D eigenvalue weighted by molar-refractivity contribution is 5.94. The van der Waals surface area contributed by atoms with Crippen molar-refractivity contribution >= 4 is 17.3 Å². The highest BCUT2D eigenvalue weighted by atomic mass is 16.7. The topological polar surface area (TPSA) is 75.7 Å². The van der Waals surface area contributed by atoms with Gasteiger partial charge in [0.2, 0.25) is 6.79 Å². The highest BCUT2D eigenvalue weighted by Gasteiger charge is 2.13. The normalized spacial score (nSPS) is 12.3. The number of anilines is 2. The van der Waals surface area contributed by atoms with E-state index in [4.69, 9.17) is 9.47 Å². The standard InChI is InChI=1S/C17H20N4O3/c1-21(2)6-5-19-17(22)12-7-14(10-18-9-12)20-13-3-4-15-16(8-13)24-11-23-15/h3-4,7-10,20H,5-6,11H2,1-2H3,(H,19,22). The van der Waals surface area contributed by atoms with Gasteiger partial charge in [-0.05, 0) is 32.3 Å². The largest absolute Gasteiger partial charge is 0.454 e. The summed E-state index contributed by atoms with van der Waals surface area (Å²) in [6, 6.07) is 7.35. The fourth-order valence-corrected chi connectivity index (χ4v) is 2.27. The number of nitrogens with one attached hydrogen (secondary N) is 2. The van der Waals surface area contributed by atoms with Crippen LogP contribution in [0.5, 0.6) is 11.5 Å². The molecular weight excluding hydrogens is 308 g/mol. The molecule has 7 nitrogen and oxygen atoms in total. The van der Waals surface area contributed by atoms with Gasteiger partial charge >= 0.3 is 0 Å². The van der Waals surface area contributed by atoms with Gasteiger partial charge < -0.3 is 25.0 Å². The molecule has 1 aliphatic heterocycles. The van der Waals surface area contributed by atoms with Crippen LogP contribution in [0.3, 0.4) is 0 Å². The SMILES string of the molecule is CN(C)CCNC(=O)c1cncc(Nc2ccc3c(c2)OCO3)c1. The molecule has 1 amide bonds. The Morgan fingerprint density at radius 3 is 2.83 bits per heavy atom. The van der Waals surface area contributed by atoms with Gasteiger partial charge in [-0.1, -0.05) is 0 Å². The van der Waals surface area contributed by atoms with Crippen LogP contribution in [-0.4, -0.2) is 49.8 Å². The lowest BCUT2D eigenvalue weighted by atomic mass is 10.2. The van der Waals surface area contributed by atoms with E-state index < -0.39 is 0 Å². The molecule has 0 saturated heterocycles. The molecule has 1 aliphatic rings. The van der Waals surface area contributed by atoms with Crippen molar-refractivity contribution in [1.82, 2.24) is 15.2 Å². The van der Waals surface area contributed by atoms with Crippen molar-refractivity contribution in [1.29, 1.82) is 0 Å². The minimum Gasteiger partial charge on any atom is -0.454 e. The van der Waals surface area contributed by atoms with Crippen molar-refractivity contribution < 1.29 is 14.3 Å². The van der Waals surface area contributed by atoms with E-state index in [0.29, 0.717) is 17.9 Å². The Labute approximate surface area is 140 Å². The van der Waals surface area contributed by atoms with E-state index in [1.165, 1.54) is 0 Å². The minimum atomic E-state index is -0.140. The van der Waals surface area contributed by atoms with Crippen molar-refractivity contribution in [2.24, 2.45) is 0 Å². The molecule has 0 unspecified atom stereocenters. The summed E-state index contributed by atoms with van der Waals surface area (Å²) in [4.78, 5) is 18.3. The van der Waals surface area contributed by atoms with Gasteiger partial charge in [-0.25, -0.2) is 0 Å². The van der Waals surface area contributed by atoms with Crippen LogP contribution in [0, 0.1) is 0 Å². The molecule has 0 radical (unpaired) electrons. The summed E-state index contributed by atoms with van der Waals surface area (Å²) in [5, 5.41) is 6.09. The molecule has 0 spiro atoms. The van der Waals surface area contributed by atoms with Crippen LogP contribution in [0.25, 0.3) is 0 Å². The Morgan fingerprint density at radius 2 is 2.00 bits per heavy atom. The van der Waals surface area contributed by atoms with Gasteiger partial charge in [0.05, 0.1) is 17.4 Å². The fourth-order valence-electron chi connectivity index (χ4n) is 2.27. The predicted octanol–water partition coefficient (Wildman–Crippen LogP) is 1.85. The van der Waals surface area contributed by atoms with Crippen LogP contribution in [0.4, 0.5) is 11.4 Å². The molecule has 0 aliphatic carbocycles. The number of benzene rings is 1. The van der Waals surface area contributed by atoms with Gasteiger partial charge in [-0.3, -0.25) is 9.78 Å². The summed E-state index contributed by atoms with van der Waals surface area (Å²) < 4.78 is 10.6. The molecular formula is C17H20N4O3. The molecule has 0 atom stereocenters. The Bertz CT molecular complexity index is 734. The maximum Gasteiger partial charge on any atom is 0.252 e. The Morgan fingerprint density at radius 1 is 1.17 bits per heavy atom. The lowest BCUT2D eigenvalue weighted by Gasteiger charge is -2.11. The first-order valence-corrected chi connectivity index (χ1v) is 7.66. The summed E-state index contributed by atoms with van der Waals surface area (Å²) in [5.74, 6) is 1.29. The average Bonchev–Trinajstić information content (AvgIpc) is 3.02. The summed E-state index contributed by atoms with van der Waals surface area (Å²) in [6.45, 7) is 1.61. The molecule has 0 saturated carbocycles. The monoisotopic (exact) mass is 328 g/mol. The van der Waals surface area contributed by atoms with E-state index in [1.54, 1.807) is 18.5 Å². The number of pyridine rings is 1. The van der Waals surface area contributed by atoms with Gasteiger partial charge in [0, 0.05) is 31.0 Å². The second-order valence-electron chi connectivity index (χ2n) is 5.71. The number of carbonyl (C=O) groups is 1. The molecule has 2 N–H and O–H groups in total. The second kappa shape index (κ2) is 7.18. The highest BCUT2D eigenvalue weighted by Crippen LogP contribution is 2.35. The summed E-state index contributed by atoms with van der Waals surface area (Å²) >= 11 is 0. The first-order valence-electron chi connectivity index (χ1n) is 7.66. The molecule has 0 fully saturated rings. The van der Waals surface area contributed by atoms with Crippen LogP contribution in [-0.2, 0) is 0 Å². The zero-order valence-corrected chi connectivity index (χ0v) is 13.7. The zero-order valence-electron chi connectivity index (χ0n) is 13.7. The molecule has 1 aromatic heterocycles. The predicted molar refractivity (Wildman–Crippen MR) is 91.0 cm³/mol. The smallest absolute Gasteiger partial charge is 0.252 e. The molecule has 2 heterocycles. The molecule has 2 aromatic rings. The molecule has 3 rings (SSSR count). The first-order chi connectivity index (χ1) is 11.6. The van der Waals surface area contributed by atoms with Crippen molar-refractivity contribution in [3.63, 3.8) is 0 Å². The number of amides is 1. The van der Waals surface area contributed by atoms with Gasteiger partial charge in [0.15, 0.2) is 11.5 Å². The lowest BCUT2D eigenvalue weighted by Crippen LogP contribution is -2.31. The van der Waals surface area contributed by atoms with E-state index >= 15 is 0 Å². The Hall–Kier alpha value is -2.80. The number of fused-ring (bicyclic) bond motifs is 1. The quantitative estimate of drug-likeness (QED) is 0.843. The Kier molecular flexibility index (Phi) is 4.81. The third kappa shape index (κ3) is 3.94. The van der Waals surface area contributed by atoms with Crippen LogP contribution in [0.15, 0.2) is 36.7 Å². The van der Waals surface area contributed by atoms with Crippen LogP contribution >= 0.6 is 0 Å². The number of nitrogens with zero attached hydrogens (tertiary/aromatic N) is 2. The minimum absolute atomic E-state index is 0.140. The van der Waals surface area contributed by atoms with E-state index in [2.05, 4.69) is 15.6 Å². The number of rotatable bonds is 6. The van der Waals surface area contributed by atoms with Gasteiger partial charge in [0.25, 0.3) is 5.91 Å². The molecule has 0 bridgehead atoms. The summed E-state index contributed by atoms with van der Waals surface area (Å²) in [7, 11) is 3.92. The Balaban J connectivity index is 1.65. The third-order valence-corrected chi connectivity index (χ3v) is 3.51. The van der Waals surface area contributed by atoms with Crippen LogP contribution in [0.1, 0.15) is 10.4 Å². The average molecular weight is 328 g/mol. The number of ether oxygens (including phenoxy) is 2. The maximum atomic E-state index is 12.2. The number of likely N-dealkylation sites (N-methyl/N-ethyl adjacent to an activating group) is 1. The zero-order chi connectivity index (χ0) is 16.9. The number of hydrogen-bond donors (Lipinski definition) is 2. The maximum absolute atomic E-state index is 12.2.